The van der Waals surface area contributed by atoms with Crippen LogP contribution in [0.2, 0.25) is 0 Å². The first-order valence-electron chi connectivity index (χ1n) is 14.0. The van der Waals surface area contributed by atoms with Crippen molar-refractivity contribution in [3.05, 3.63) is 12.4 Å². The van der Waals surface area contributed by atoms with Crippen molar-refractivity contribution in [1.82, 2.24) is 9.80 Å². The molecule has 0 amide bonds. The molecule has 0 aromatic carbocycles. The third-order valence-corrected chi connectivity index (χ3v) is 6.92. The molecule has 0 radical (unpaired) electrons. The van der Waals surface area contributed by atoms with E-state index in [1.807, 2.05) is 0 Å². The molecule has 0 aromatic heterocycles. The molecule has 1 aliphatic heterocycles. The minimum absolute atomic E-state index is 0.638. The smallest absolute Gasteiger partial charge is 0.101 e. The van der Waals surface area contributed by atoms with E-state index in [4.69, 9.17) is 0 Å². The molecule has 30 heavy (non-hydrogen) atoms. The zero-order valence-electron chi connectivity index (χ0n) is 21.2. The number of hydrogen-bond acceptors (Lipinski definition) is 2. The minimum atomic E-state index is 0.638. The van der Waals surface area contributed by atoms with E-state index >= 15 is 0 Å². The lowest BCUT2D eigenvalue weighted by molar-refractivity contribution is 0.142. The minimum Gasteiger partial charge on any atom is -0.356 e. The van der Waals surface area contributed by atoms with Crippen molar-refractivity contribution in [3.63, 3.8) is 0 Å². The average molecular weight is 421 g/mol. The molecule has 0 aliphatic carbocycles. The van der Waals surface area contributed by atoms with Gasteiger partial charge in [-0.15, -0.1) is 0 Å². The molecule has 1 heterocycles. The van der Waals surface area contributed by atoms with Gasteiger partial charge in [-0.25, -0.2) is 0 Å². The predicted octanol–water partition coefficient (Wildman–Crippen LogP) is 9.26. The molecule has 0 bridgehead atoms. The number of rotatable bonds is 22. The van der Waals surface area contributed by atoms with Crippen molar-refractivity contribution in [2.24, 2.45) is 0 Å². The van der Waals surface area contributed by atoms with Crippen molar-refractivity contribution in [3.8, 4) is 0 Å². The third kappa shape index (κ3) is 13.6. The molecule has 2 nitrogen and oxygen atoms in total. The molecule has 0 saturated heterocycles. The largest absolute Gasteiger partial charge is 0.356 e. The monoisotopic (exact) mass is 420 g/mol. The standard InChI is InChI=1S/C28H56N2/c1-4-7-9-11-13-14-15-16-17-18-19-21-23-25-30-27-26-29(6-3)28(30)24-22-20-12-10-8-5-2/h26-28H,4-25H2,1-3H3. The Kier molecular flexibility index (Phi) is 18.5. The summed E-state index contributed by atoms with van der Waals surface area (Å²) in [5, 5.41) is 0. The van der Waals surface area contributed by atoms with Gasteiger partial charge in [0.1, 0.15) is 6.17 Å². The van der Waals surface area contributed by atoms with Gasteiger partial charge in [0, 0.05) is 25.5 Å². The third-order valence-electron chi connectivity index (χ3n) is 6.92. The Hall–Kier alpha value is -0.660. The number of unbranched alkanes of at least 4 members (excludes halogenated alkanes) is 17. The number of nitrogens with zero attached hydrogens (tertiary/aromatic N) is 2. The first-order chi connectivity index (χ1) is 14.8. The Balaban J connectivity index is 1.99. The zero-order chi connectivity index (χ0) is 21.7. The van der Waals surface area contributed by atoms with Crippen LogP contribution in [-0.2, 0) is 0 Å². The molecule has 1 rings (SSSR count). The van der Waals surface area contributed by atoms with Crippen LogP contribution in [0.1, 0.15) is 149 Å². The highest BCUT2D eigenvalue weighted by Crippen LogP contribution is 2.22. The van der Waals surface area contributed by atoms with Gasteiger partial charge in [-0.05, 0) is 26.2 Å². The highest BCUT2D eigenvalue weighted by atomic mass is 15.4. The second-order valence-electron chi connectivity index (χ2n) is 9.65. The van der Waals surface area contributed by atoms with E-state index in [-0.39, 0.29) is 0 Å². The van der Waals surface area contributed by atoms with Crippen LogP contribution in [0.15, 0.2) is 12.4 Å². The first-order valence-corrected chi connectivity index (χ1v) is 14.0. The van der Waals surface area contributed by atoms with E-state index in [0.29, 0.717) is 6.17 Å². The van der Waals surface area contributed by atoms with Gasteiger partial charge in [0.2, 0.25) is 0 Å². The van der Waals surface area contributed by atoms with Crippen molar-refractivity contribution in [1.29, 1.82) is 0 Å². The first kappa shape index (κ1) is 27.4. The highest BCUT2D eigenvalue weighted by molar-refractivity contribution is 4.96. The summed E-state index contributed by atoms with van der Waals surface area (Å²) in [6.45, 7) is 9.30. The van der Waals surface area contributed by atoms with Crippen molar-refractivity contribution in [2.75, 3.05) is 13.1 Å². The number of hydrogen-bond donors (Lipinski definition) is 0. The van der Waals surface area contributed by atoms with Crippen molar-refractivity contribution in [2.45, 2.75) is 155 Å². The van der Waals surface area contributed by atoms with Gasteiger partial charge in [0.15, 0.2) is 0 Å². The van der Waals surface area contributed by atoms with Crippen LogP contribution < -0.4 is 0 Å². The van der Waals surface area contributed by atoms with Crippen LogP contribution in [0.4, 0.5) is 0 Å². The molecule has 1 atom stereocenters. The summed E-state index contributed by atoms with van der Waals surface area (Å²) < 4.78 is 0. The van der Waals surface area contributed by atoms with Gasteiger partial charge in [-0.1, -0.05) is 123 Å². The maximum absolute atomic E-state index is 2.63. The second-order valence-corrected chi connectivity index (χ2v) is 9.65. The van der Waals surface area contributed by atoms with E-state index in [2.05, 4.69) is 43.0 Å². The molecule has 0 spiro atoms. The molecule has 0 fully saturated rings. The Bertz CT molecular complexity index is 379. The summed E-state index contributed by atoms with van der Waals surface area (Å²) in [5.41, 5.74) is 0. The fraction of sp³-hybridized carbons (Fsp3) is 0.929. The summed E-state index contributed by atoms with van der Waals surface area (Å²) in [4.78, 5) is 5.18. The van der Waals surface area contributed by atoms with Crippen molar-refractivity contribution < 1.29 is 0 Å². The molecule has 0 saturated carbocycles. The van der Waals surface area contributed by atoms with Crippen LogP contribution in [0.5, 0.6) is 0 Å². The van der Waals surface area contributed by atoms with Crippen LogP contribution in [0.25, 0.3) is 0 Å². The summed E-state index contributed by atoms with van der Waals surface area (Å²) >= 11 is 0. The SMILES string of the molecule is CCCCCCCCCCCCCCCN1C=CN(CC)C1CCCCCCCC. The molecular formula is C28H56N2. The van der Waals surface area contributed by atoms with Crippen LogP contribution in [0, 0.1) is 0 Å². The normalized spacial score (nSPS) is 16.2. The quantitative estimate of drug-likeness (QED) is 0.161. The molecule has 1 aliphatic rings. The van der Waals surface area contributed by atoms with Gasteiger partial charge in [0.25, 0.3) is 0 Å². The fourth-order valence-corrected chi connectivity index (χ4v) is 4.85. The Morgan fingerprint density at radius 2 is 0.867 bits per heavy atom. The summed E-state index contributed by atoms with van der Waals surface area (Å²) in [6.07, 6.45) is 33.8. The van der Waals surface area contributed by atoms with Gasteiger partial charge in [0.05, 0.1) is 0 Å². The Morgan fingerprint density at radius 1 is 0.467 bits per heavy atom. The Morgan fingerprint density at radius 3 is 1.33 bits per heavy atom. The molecule has 178 valence electrons. The lowest BCUT2D eigenvalue weighted by Gasteiger charge is -2.32. The van der Waals surface area contributed by atoms with Gasteiger partial charge >= 0.3 is 0 Å². The lowest BCUT2D eigenvalue weighted by Crippen LogP contribution is -2.38. The Labute approximate surface area is 190 Å². The fourth-order valence-electron chi connectivity index (χ4n) is 4.85. The molecular weight excluding hydrogens is 364 g/mol. The van der Waals surface area contributed by atoms with E-state index in [1.54, 1.807) is 0 Å². The summed E-state index contributed by atoms with van der Waals surface area (Å²) in [5.74, 6) is 0. The second kappa shape index (κ2) is 20.3. The topological polar surface area (TPSA) is 6.48 Å². The van der Waals surface area contributed by atoms with E-state index in [0.717, 1.165) is 6.54 Å². The zero-order valence-corrected chi connectivity index (χ0v) is 21.2. The molecule has 1 unspecified atom stereocenters. The maximum atomic E-state index is 2.63. The predicted molar refractivity (Wildman–Crippen MR) is 136 cm³/mol. The van der Waals surface area contributed by atoms with E-state index < -0.39 is 0 Å². The van der Waals surface area contributed by atoms with Crippen molar-refractivity contribution >= 4 is 0 Å². The van der Waals surface area contributed by atoms with Gasteiger partial charge < -0.3 is 9.80 Å². The van der Waals surface area contributed by atoms with E-state index in [9.17, 15) is 0 Å². The van der Waals surface area contributed by atoms with E-state index in [1.165, 1.54) is 135 Å². The highest BCUT2D eigenvalue weighted by Gasteiger charge is 2.23. The molecule has 2 heteroatoms. The summed E-state index contributed by atoms with van der Waals surface area (Å²) in [7, 11) is 0. The average Bonchev–Trinajstić information content (AvgIpc) is 3.15. The lowest BCUT2D eigenvalue weighted by atomic mass is 10.0. The van der Waals surface area contributed by atoms with Crippen LogP contribution in [-0.4, -0.2) is 29.1 Å². The van der Waals surface area contributed by atoms with Gasteiger partial charge in [-0.2, -0.15) is 0 Å². The summed E-state index contributed by atoms with van der Waals surface area (Å²) in [6, 6.07) is 0. The molecule has 0 N–H and O–H groups in total. The van der Waals surface area contributed by atoms with Crippen LogP contribution >= 0.6 is 0 Å². The van der Waals surface area contributed by atoms with Crippen LogP contribution in [0.3, 0.4) is 0 Å². The maximum Gasteiger partial charge on any atom is 0.101 e. The van der Waals surface area contributed by atoms with Gasteiger partial charge in [-0.3, -0.25) is 0 Å². The molecule has 0 aromatic rings.